The van der Waals surface area contributed by atoms with Crippen molar-refractivity contribution in [2.75, 3.05) is 45.6 Å². The normalized spacial score (nSPS) is 31.4. The van der Waals surface area contributed by atoms with Gasteiger partial charge in [-0.05, 0) is 87.7 Å². The number of nitrogens with zero attached hydrogens (tertiary/aromatic N) is 3. The molecule has 0 spiro atoms. The molecule has 4 heterocycles. The van der Waals surface area contributed by atoms with Crippen molar-refractivity contribution in [1.82, 2.24) is 24.1 Å². The van der Waals surface area contributed by atoms with Gasteiger partial charge in [-0.2, -0.15) is 12.7 Å². The van der Waals surface area contributed by atoms with Crippen molar-refractivity contribution in [2.24, 2.45) is 0 Å². The van der Waals surface area contributed by atoms with E-state index in [1.165, 1.54) is 46.1 Å². The second kappa shape index (κ2) is 8.99. The van der Waals surface area contributed by atoms with E-state index in [9.17, 15) is 13.2 Å². The number of anilines is 1. The number of fused-ring (bicyclic) bond motifs is 6. The highest BCUT2D eigenvalue weighted by Gasteiger charge is 2.47. The van der Waals surface area contributed by atoms with E-state index in [1.54, 1.807) is 0 Å². The quantitative estimate of drug-likeness (QED) is 0.573. The number of urea groups is 1. The van der Waals surface area contributed by atoms with Crippen LogP contribution in [0.2, 0.25) is 0 Å². The number of amides is 2. The Hall–Kier alpha value is -1.72. The molecule has 0 aromatic heterocycles. The van der Waals surface area contributed by atoms with Crippen LogP contribution in [0.5, 0.6) is 0 Å². The Morgan fingerprint density at radius 3 is 2.09 bits per heavy atom. The van der Waals surface area contributed by atoms with Crippen LogP contribution < -0.4 is 15.4 Å². The van der Waals surface area contributed by atoms with Gasteiger partial charge in [0.15, 0.2) is 0 Å². The Morgan fingerprint density at radius 1 is 0.914 bits per heavy atom. The van der Waals surface area contributed by atoms with Gasteiger partial charge in [0.25, 0.3) is 0 Å². The van der Waals surface area contributed by atoms with E-state index in [1.807, 2.05) is 7.05 Å². The van der Waals surface area contributed by atoms with Crippen LogP contribution in [0, 0.1) is 0 Å². The zero-order valence-electron chi connectivity index (χ0n) is 20.8. The predicted molar refractivity (Wildman–Crippen MR) is 136 cm³/mol. The van der Waals surface area contributed by atoms with Gasteiger partial charge in [-0.25, -0.2) is 9.52 Å². The van der Waals surface area contributed by atoms with Crippen molar-refractivity contribution in [3.63, 3.8) is 0 Å². The third-order valence-corrected chi connectivity index (χ3v) is 10.5. The third kappa shape index (κ3) is 4.37. The van der Waals surface area contributed by atoms with Crippen LogP contribution in [0.15, 0.2) is 6.07 Å². The molecule has 1 aromatic rings. The maximum atomic E-state index is 12.7. The lowest BCUT2D eigenvalue weighted by Crippen LogP contribution is -2.52. The Balaban J connectivity index is 0.000000240. The minimum Gasteiger partial charge on any atom is -0.311 e. The number of aryl methyl sites for hydroxylation is 2. The monoisotopic (exact) mass is 502 g/mol. The Morgan fingerprint density at radius 2 is 1.60 bits per heavy atom. The Bertz CT molecular complexity index is 1090. The maximum Gasteiger partial charge on any atom is 0.333 e. The van der Waals surface area contributed by atoms with Gasteiger partial charge >= 0.3 is 16.2 Å². The van der Waals surface area contributed by atoms with E-state index in [2.05, 4.69) is 38.3 Å². The van der Waals surface area contributed by atoms with E-state index >= 15 is 0 Å². The molecular formula is C25H38N6O3S. The molecule has 192 valence electrons. The van der Waals surface area contributed by atoms with Crippen LogP contribution in [-0.4, -0.2) is 93.0 Å². The summed E-state index contributed by atoms with van der Waals surface area (Å²) >= 11 is 0. The first-order valence-corrected chi connectivity index (χ1v) is 14.6. The van der Waals surface area contributed by atoms with Crippen LogP contribution in [0.3, 0.4) is 0 Å². The molecule has 0 unspecified atom stereocenters. The number of carbonyl (C=O) groups excluding carboxylic acids is 1. The summed E-state index contributed by atoms with van der Waals surface area (Å²) < 4.78 is 29.2. The van der Waals surface area contributed by atoms with E-state index in [4.69, 9.17) is 0 Å². The van der Waals surface area contributed by atoms with E-state index in [0.29, 0.717) is 6.54 Å². The summed E-state index contributed by atoms with van der Waals surface area (Å²) in [5.74, 6) is 0. The molecule has 10 heteroatoms. The number of nitrogens with one attached hydrogen (secondary N) is 3. The van der Waals surface area contributed by atoms with Crippen molar-refractivity contribution in [3.8, 4) is 0 Å². The second-order valence-electron chi connectivity index (χ2n) is 11.3. The number of hydrogen-bond donors (Lipinski definition) is 3. The van der Waals surface area contributed by atoms with Gasteiger partial charge in [-0.15, -0.1) is 0 Å². The van der Waals surface area contributed by atoms with Crippen molar-refractivity contribution in [3.05, 3.63) is 28.3 Å². The van der Waals surface area contributed by atoms with Gasteiger partial charge in [-0.1, -0.05) is 6.07 Å². The highest BCUT2D eigenvalue weighted by Crippen LogP contribution is 2.38. The summed E-state index contributed by atoms with van der Waals surface area (Å²) in [6.07, 6.45) is 8.41. The van der Waals surface area contributed by atoms with Gasteiger partial charge in [0.05, 0.1) is 0 Å². The molecule has 3 N–H and O–H groups in total. The summed E-state index contributed by atoms with van der Waals surface area (Å²) in [4.78, 5) is 17.3. The number of likely N-dealkylation sites (tertiary alicyclic amines) is 2. The SMILES string of the molecule is CN1C[C@@H]2C[C@H]1CN2.CN1C[C@@H]2C[C@H]1CN2S(=O)(=O)NC(=O)Nc1c2c(cc3c1CCC3)CCC2. The molecule has 6 aliphatic rings. The summed E-state index contributed by atoms with van der Waals surface area (Å²) in [5, 5.41) is 6.35. The summed E-state index contributed by atoms with van der Waals surface area (Å²) in [6.45, 7) is 3.68. The van der Waals surface area contributed by atoms with Gasteiger partial charge in [0.2, 0.25) is 0 Å². The lowest BCUT2D eigenvalue weighted by atomic mass is 9.99. The van der Waals surface area contributed by atoms with Crippen molar-refractivity contribution in [2.45, 2.75) is 75.5 Å². The Labute approximate surface area is 208 Å². The number of piperazine rings is 2. The molecule has 0 saturated carbocycles. The molecule has 2 aliphatic carbocycles. The number of rotatable bonds is 3. The summed E-state index contributed by atoms with van der Waals surface area (Å²) in [5.41, 5.74) is 5.89. The second-order valence-corrected chi connectivity index (χ2v) is 12.9. The fourth-order valence-electron chi connectivity index (χ4n) is 7.18. The molecule has 2 amide bonds. The van der Waals surface area contributed by atoms with Crippen LogP contribution in [0.25, 0.3) is 0 Å². The molecule has 4 fully saturated rings. The average molecular weight is 503 g/mol. The van der Waals surface area contributed by atoms with Crippen molar-refractivity contribution >= 4 is 21.9 Å². The minimum atomic E-state index is -3.82. The molecule has 0 radical (unpaired) electrons. The summed E-state index contributed by atoms with van der Waals surface area (Å²) in [7, 11) is 0.416. The number of benzene rings is 1. The standard InChI is InChI=1S/C19H26N4O3S.C6H12N2/c1-22-10-15-9-14(22)11-23(15)27(25,26)21-19(24)20-18-16-6-2-4-12(16)8-13-5-3-7-17(13)18;1-8-4-5-2-6(8)3-7-5/h8,14-15H,2-7,9-11H2,1H3,(H2,20,21,24);5-7H,2-4H2,1H3/t14-,15-;5-,6-/m00/s1. The zero-order valence-corrected chi connectivity index (χ0v) is 21.7. The highest BCUT2D eigenvalue weighted by atomic mass is 32.2. The topological polar surface area (TPSA) is 97.0 Å². The van der Waals surface area contributed by atoms with Crippen molar-refractivity contribution < 1.29 is 13.2 Å². The number of likely N-dealkylation sites (N-methyl/N-ethyl adjacent to an activating group) is 2. The number of carbonyl (C=O) groups is 1. The fourth-order valence-corrected chi connectivity index (χ4v) is 8.49. The van der Waals surface area contributed by atoms with E-state index < -0.39 is 16.2 Å². The molecular weight excluding hydrogens is 464 g/mol. The van der Waals surface area contributed by atoms with Crippen LogP contribution in [0.4, 0.5) is 10.5 Å². The molecule has 4 bridgehead atoms. The molecule has 35 heavy (non-hydrogen) atoms. The molecule has 1 aromatic carbocycles. The molecule has 4 aliphatic heterocycles. The lowest BCUT2D eigenvalue weighted by molar-refractivity contribution is 0.214. The first kappa shape index (κ1) is 23.7. The number of hydrogen-bond acceptors (Lipinski definition) is 6. The van der Waals surface area contributed by atoms with Crippen LogP contribution >= 0.6 is 0 Å². The lowest BCUT2D eigenvalue weighted by Gasteiger charge is -2.30. The van der Waals surface area contributed by atoms with Gasteiger partial charge in [-0.3, -0.25) is 0 Å². The van der Waals surface area contributed by atoms with Crippen molar-refractivity contribution in [1.29, 1.82) is 0 Å². The van der Waals surface area contributed by atoms with Gasteiger partial charge in [0.1, 0.15) is 0 Å². The summed E-state index contributed by atoms with van der Waals surface area (Å²) in [6, 6.07) is 3.57. The third-order valence-electron chi connectivity index (χ3n) is 9.04. The fraction of sp³-hybridized carbons (Fsp3) is 0.720. The zero-order chi connectivity index (χ0) is 24.3. The van der Waals surface area contributed by atoms with E-state index in [0.717, 1.165) is 69.3 Å². The molecule has 7 rings (SSSR count). The molecule has 9 nitrogen and oxygen atoms in total. The maximum absolute atomic E-state index is 12.7. The van der Waals surface area contributed by atoms with Crippen LogP contribution in [-0.2, 0) is 35.9 Å². The highest BCUT2D eigenvalue weighted by molar-refractivity contribution is 7.87. The minimum absolute atomic E-state index is 0.0319. The van der Waals surface area contributed by atoms with Gasteiger partial charge in [0, 0.05) is 56.0 Å². The van der Waals surface area contributed by atoms with Gasteiger partial charge < -0.3 is 20.4 Å². The smallest absolute Gasteiger partial charge is 0.311 e. The molecule has 4 atom stereocenters. The van der Waals surface area contributed by atoms with E-state index in [-0.39, 0.29) is 12.1 Å². The first-order valence-electron chi connectivity index (χ1n) is 13.2. The first-order chi connectivity index (χ1) is 16.8. The average Bonchev–Trinajstić information content (AvgIpc) is 3.62. The predicted octanol–water partition coefficient (Wildman–Crippen LogP) is 1.08. The van der Waals surface area contributed by atoms with Crippen LogP contribution in [0.1, 0.15) is 47.9 Å². The molecule has 4 saturated heterocycles. The Kier molecular flexibility index (Phi) is 6.08. The largest absolute Gasteiger partial charge is 0.333 e.